The van der Waals surface area contributed by atoms with Gasteiger partial charge < -0.3 is 5.32 Å². The quantitative estimate of drug-likeness (QED) is 0.850. The summed E-state index contributed by atoms with van der Waals surface area (Å²) in [7, 11) is -2.20. The predicted octanol–water partition coefficient (Wildman–Crippen LogP) is 2.40. The zero-order valence-electron chi connectivity index (χ0n) is 12.8. The maximum Gasteiger partial charge on any atom is 0.256 e. The lowest BCUT2D eigenvalue weighted by Gasteiger charge is -2.05. The van der Waals surface area contributed by atoms with Gasteiger partial charge >= 0.3 is 0 Å². The Morgan fingerprint density at radius 1 is 1.13 bits per heavy atom. The molecule has 6 heteroatoms. The Kier molecular flexibility index (Phi) is 3.79. The molecule has 1 amide bonds. The molecule has 3 rings (SSSR count). The minimum Gasteiger partial charge on any atom is -0.321 e. The molecule has 0 unspecified atom stereocenters. The van der Waals surface area contributed by atoms with Gasteiger partial charge in [0.2, 0.25) is 10.0 Å². The van der Waals surface area contributed by atoms with E-state index in [0.29, 0.717) is 16.8 Å². The molecule has 0 saturated heterocycles. The molecule has 5 nitrogen and oxygen atoms in total. The molecule has 0 bridgehead atoms. The monoisotopic (exact) mass is 328 g/mol. The predicted molar refractivity (Wildman–Crippen MR) is 90.4 cm³/mol. The highest BCUT2D eigenvalue weighted by Gasteiger charge is 2.26. The highest BCUT2D eigenvalue weighted by atomic mass is 32.2. The first-order valence-electron chi connectivity index (χ1n) is 7.09. The van der Waals surface area contributed by atoms with E-state index in [1.54, 1.807) is 12.1 Å². The molecule has 118 valence electrons. The maximum atomic E-state index is 12.2. The number of aryl methyl sites for hydroxylation is 1. The molecule has 0 fully saturated rings. The van der Waals surface area contributed by atoms with E-state index in [1.165, 1.54) is 19.2 Å². The van der Waals surface area contributed by atoms with Crippen LogP contribution in [0.1, 0.15) is 16.7 Å². The van der Waals surface area contributed by atoms with E-state index >= 15 is 0 Å². The van der Waals surface area contributed by atoms with E-state index in [2.05, 4.69) is 10.0 Å². The average molecular weight is 328 g/mol. The lowest BCUT2D eigenvalue weighted by atomic mass is 10.0. The van der Waals surface area contributed by atoms with Crippen LogP contribution in [0.2, 0.25) is 0 Å². The number of benzene rings is 2. The van der Waals surface area contributed by atoms with Crippen LogP contribution in [0.5, 0.6) is 0 Å². The number of rotatable bonds is 3. The van der Waals surface area contributed by atoms with Crippen LogP contribution in [0.3, 0.4) is 0 Å². The van der Waals surface area contributed by atoms with Crippen molar-refractivity contribution < 1.29 is 13.2 Å². The minimum atomic E-state index is -3.56. The Labute approximate surface area is 135 Å². The van der Waals surface area contributed by atoms with E-state index in [9.17, 15) is 13.2 Å². The summed E-state index contributed by atoms with van der Waals surface area (Å²) >= 11 is 0. The molecule has 0 aliphatic carbocycles. The van der Waals surface area contributed by atoms with Crippen molar-refractivity contribution in [2.75, 3.05) is 12.4 Å². The summed E-state index contributed by atoms with van der Waals surface area (Å²) in [6.07, 6.45) is 1.78. The van der Waals surface area contributed by atoms with Crippen LogP contribution in [-0.2, 0) is 14.8 Å². The molecule has 1 aliphatic heterocycles. The summed E-state index contributed by atoms with van der Waals surface area (Å²) in [4.78, 5) is 12.4. The number of hydrogen-bond acceptors (Lipinski definition) is 3. The summed E-state index contributed by atoms with van der Waals surface area (Å²) in [5.41, 5.74) is 3.63. The number of anilines is 1. The SMILES string of the molecule is CNS(=O)(=O)c1ccc2c(c1)C(=Cc1ccccc1C)C(=O)N2. The minimum absolute atomic E-state index is 0.130. The van der Waals surface area contributed by atoms with E-state index in [-0.39, 0.29) is 10.8 Å². The molecular weight excluding hydrogens is 312 g/mol. The molecule has 0 saturated carbocycles. The number of fused-ring (bicyclic) bond motifs is 1. The van der Waals surface area contributed by atoms with Gasteiger partial charge in [0.05, 0.1) is 4.90 Å². The molecule has 0 atom stereocenters. The molecule has 0 aromatic heterocycles. The standard InChI is InChI=1S/C17H16N2O3S/c1-11-5-3-4-6-12(11)9-15-14-10-13(23(21,22)18-2)7-8-16(14)19-17(15)20/h3-10,18H,1-2H3,(H,19,20). The molecule has 2 aromatic carbocycles. The summed E-state index contributed by atoms with van der Waals surface area (Å²) in [6, 6.07) is 12.3. The number of carbonyl (C=O) groups is 1. The highest BCUT2D eigenvalue weighted by molar-refractivity contribution is 7.89. The Morgan fingerprint density at radius 2 is 1.87 bits per heavy atom. The second-order valence-electron chi connectivity index (χ2n) is 5.28. The van der Waals surface area contributed by atoms with Crippen molar-refractivity contribution in [3.63, 3.8) is 0 Å². The molecule has 2 aromatic rings. The Balaban J connectivity index is 2.15. The Bertz CT molecular complexity index is 931. The van der Waals surface area contributed by atoms with Gasteiger partial charge in [-0.3, -0.25) is 4.79 Å². The summed E-state index contributed by atoms with van der Waals surface area (Å²) < 4.78 is 26.2. The number of sulfonamides is 1. The van der Waals surface area contributed by atoms with Crippen LogP contribution in [0, 0.1) is 6.92 Å². The second-order valence-corrected chi connectivity index (χ2v) is 7.17. The molecular formula is C17H16N2O3S. The Morgan fingerprint density at radius 3 is 2.57 bits per heavy atom. The highest BCUT2D eigenvalue weighted by Crippen LogP contribution is 2.35. The number of amides is 1. The van der Waals surface area contributed by atoms with Crippen LogP contribution < -0.4 is 10.0 Å². The number of hydrogen-bond donors (Lipinski definition) is 2. The van der Waals surface area contributed by atoms with Crippen LogP contribution in [0.15, 0.2) is 47.4 Å². The van der Waals surface area contributed by atoms with Gasteiger partial charge in [-0.05, 0) is 49.4 Å². The van der Waals surface area contributed by atoms with Crippen LogP contribution >= 0.6 is 0 Å². The zero-order valence-corrected chi connectivity index (χ0v) is 13.6. The van der Waals surface area contributed by atoms with E-state index in [0.717, 1.165) is 11.1 Å². The molecule has 0 radical (unpaired) electrons. The first-order valence-corrected chi connectivity index (χ1v) is 8.57. The third-order valence-electron chi connectivity index (χ3n) is 3.84. The fourth-order valence-electron chi connectivity index (χ4n) is 2.50. The van der Waals surface area contributed by atoms with Gasteiger partial charge in [-0.15, -0.1) is 0 Å². The van der Waals surface area contributed by atoms with Crippen molar-refractivity contribution in [3.8, 4) is 0 Å². The summed E-state index contributed by atoms with van der Waals surface area (Å²) in [5, 5.41) is 2.76. The fourth-order valence-corrected chi connectivity index (χ4v) is 3.26. The van der Waals surface area contributed by atoms with Crippen molar-refractivity contribution >= 4 is 33.3 Å². The Hall–Kier alpha value is -2.44. The smallest absolute Gasteiger partial charge is 0.256 e. The van der Waals surface area contributed by atoms with Crippen LogP contribution in [0.4, 0.5) is 5.69 Å². The normalized spacial score (nSPS) is 15.6. The lowest BCUT2D eigenvalue weighted by Crippen LogP contribution is -2.18. The van der Waals surface area contributed by atoms with Crippen molar-refractivity contribution in [3.05, 3.63) is 59.2 Å². The van der Waals surface area contributed by atoms with Crippen molar-refractivity contribution in [1.29, 1.82) is 0 Å². The topological polar surface area (TPSA) is 75.3 Å². The zero-order chi connectivity index (χ0) is 16.6. The third kappa shape index (κ3) is 2.78. The molecule has 1 aliphatic rings. The molecule has 0 spiro atoms. The maximum absolute atomic E-state index is 12.2. The van der Waals surface area contributed by atoms with Gasteiger partial charge in [0.15, 0.2) is 0 Å². The molecule has 1 heterocycles. The van der Waals surface area contributed by atoms with Crippen molar-refractivity contribution in [2.24, 2.45) is 0 Å². The largest absolute Gasteiger partial charge is 0.321 e. The average Bonchev–Trinajstić information content (AvgIpc) is 2.84. The van der Waals surface area contributed by atoms with Crippen LogP contribution in [-0.4, -0.2) is 21.4 Å². The third-order valence-corrected chi connectivity index (χ3v) is 5.25. The summed E-state index contributed by atoms with van der Waals surface area (Å²) in [6.45, 7) is 1.96. The first-order chi connectivity index (χ1) is 10.9. The van der Waals surface area contributed by atoms with Gasteiger partial charge in [0.25, 0.3) is 5.91 Å². The van der Waals surface area contributed by atoms with Gasteiger partial charge in [-0.2, -0.15) is 0 Å². The van der Waals surface area contributed by atoms with Gasteiger partial charge in [-0.1, -0.05) is 24.3 Å². The van der Waals surface area contributed by atoms with Crippen molar-refractivity contribution in [2.45, 2.75) is 11.8 Å². The number of nitrogens with one attached hydrogen (secondary N) is 2. The van der Waals surface area contributed by atoms with E-state index < -0.39 is 10.0 Å². The second kappa shape index (κ2) is 5.64. The summed E-state index contributed by atoms with van der Waals surface area (Å²) in [5.74, 6) is -0.234. The van der Waals surface area contributed by atoms with Gasteiger partial charge in [0, 0.05) is 16.8 Å². The van der Waals surface area contributed by atoms with Crippen LogP contribution in [0.25, 0.3) is 11.6 Å². The first kappa shape index (κ1) is 15.5. The fraction of sp³-hybridized carbons (Fsp3) is 0.118. The molecule has 2 N–H and O–H groups in total. The lowest BCUT2D eigenvalue weighted by molar-refractivity contribution is -0.110. The van der Waals surface area contributed by atoms with E-state index in [4.69, 9.17) is 0 Å². The number of carbonyl (C=O) groups excluding carboxylic acids is 1. The van der Waals surface area contributed by atoms with Gasteiger partial charge in [-0.25, -0.2) is 13.1 Å². The van der Waals surface area contributed by atoms with Gasteiger partial charge in [0.1, 0.15) is 0 Å². The van der Waals surface area contributed by atoms with Crippen molar-refractivity contribution in [1.82, 2.24) is 4.72 Å². The molecule has 23 heavy (non-hydrogen) atoms. The van der Waals surface area contributed by atoms with E-state index in [1.807, 2.05) is 31.2 Å².